The van der Waals surface area contributed by atoms with Crippen LogP contribution in [0.1, 0.15) is 30.3 Å². The summed E-state index contributed by atoms with van der Waals surface area (Å²) in [6.07, 6.45) is 1.40. The standard InChI is InChI=1S/C18H20N4O3S/c1-2-16(26-18-19-13-5-3-4-6-15(13)25-18)17(24)22-8-7-12-11(9-22)14(10-23)21-20-12/h3-6,16,23H,2,7-10H2,1H3,(H,20,21). The molecule has 1 unspecified atom stereocenters. The second-order valence-corrected chi connectivity index (χ2v) is 7.41. The van der Waals surface area contributed by atoms with Gasteiger partial charge in [0.05, 0.1) is 17.6 Å². The van der Waals surface area contributed by atoms with Gasteiger partial charge in [0.2, 0.25) is 5.91 Å². The Balaban J connectivity index is 1.50. The van der Waals surface area contributed by atoms with Gasteiger partial charge in [-0.15, -0.1) is 0 Å². The first-order valence-electron chi connectivity index (χ1n) is 8.66. The van der Waals surface area contributed by atoms with Gasteiger partial charge < -0.3 is 14.4 Å². The van der Waals surface area contributed by atoms with Gasteiger partial charge in [-0.25, -0.2) is 4.98 Å². The van der Waals surface area contributed by atoms with Gasteiger partial charge in [-0.05, 0) is 18.6 Å². The van der Waals surface area contributed by atoms with Gasteiger partial charge in [0.15, 0.2) is 5.58 Å². The van der Waals surface area contributed by atoms with E-state index in [1.54, 1.807) is 0 Å². The Labute approximate surface area is 154 Å². The summed E-state index contributed by atoms with van der Waals surface area (Å²) in [6, 6.07) is 7.58. The predicted molar refractivity (Wildman–Crippen MR) is 97.6 cm³/mol. The van der Waals surface area contributed by atoms with Crippen molar-refractivity contribution in [1.29, 1.82) is 0 Å². The molecule has 1 amide bonds. The second-order valence-electron chi connectivity index (χ2n) is 6.26. The third-order valence-electron chi connectivity index (χ3n) is 4.64. The van der Waals surface area contributed by atoms with E-state index >= 15 is 0 Å². The minimum Gasteiger partial charge on any atom is -0.431 e. The van der Waals surface area contributed by atoms with Crippen molar-refractivity contribution in [3.63, 3.8) is 0 Å². The van der Waals surface area contributed by atoms with Crippen LogP contribution in [-0.4, -0.2) is 42.9 Å². The van der Waals surface area contributed by atoms with Gasteiger partial charge in [0, 0.05) is 30.8 Å². The van der Waals surface area contributed by atoms with E-state index in [0.717, 1.165) is 28.8 Å². The third kappa shape index (κ3) is 3.10. The van der Waals surface area contributed by atoms with Crippen LogP contribution < -0.4 is 0 Å². The Morgan fingerprint density at radius 3 is 3.08 bits per heavy atom. The summed E-state index contributed by atoms with van der Waals surface area (Å²) in [6.45, 7) is 2.99. The van der Waals surface area contributed by atoms with Gasteiger partial charge >= 0.3 is 0 Å². The number of aliphatic hydroxyl groups excluding tert-OH is 1. The van der Waals surface area contributed by atoms with Crippen LogP contribution >= 0.6 is 11.8 Å². The van der Waals surface area contributed by atoms with Crippen molar-refractivity contribution in [2.45, 2.75) is 43.4 Å². The molecular weight excluding hydrogens is 352 g/mol. The number of para-hydroxylation sites is 2. The monoisotopic (exact) mass is 372 g/mol. The lowest BCUT2D eigenvalue weighted by atomic mass is 10.0. The van der Waals surface area contributed by atoms with Crippen molar-refractivity contribution in [2.75, 3.05) is 6.54 Å². The quantitative estimate of drug-likeness (QED) is 0.668. The summed E-state index contributed by atoms with van der Waals surface area (Å²) in [5.74, 6) is 0.0653. The molecule has 3 heterocycles. The van der Waals surface area contributed by atoms with Crippen LogP contribution in [0.25, 0.3) is 11.1 Å². The highest BCUT2D eigenvalue weighted by atomic mass is 32.2. The number of thioether (sulfide) groups is 1. The summed E-state index contributed by atoms with van der Waals surface area (Å²) in [7, 11) is 0. The molecule has 3 aromatic rings. The number of aliphatic hydroxyl groups is 1. The molecule has 0 radical (unpaired) electrons. The molecule has 8 heteroatoms. The Kier molecular flexibility index (Phi) is 4.69. The van der Waals surface area contributed by atoms with E-state index in [1.807, 2.05) is 36.1 Å². The first-order chi connectivity index (χ1) is 12.7. The molecule has 1 aliphatic heterocycles. The van der Waals surface area contributed by atoms with E-state index in [-0.39, 0.29) is 17.8 Å². The smallest absolute Gasteiger partial charge is 0.257 e. The Hall–Kier alpha value is -2.32. The van der Waals surface area contributed by atoms with Crippen molar-refractivity contribution < 1.29 is 14.3 Å². The molecule has 0 saturated heterocycles. The molecule has 0 aliphatic carbocycles. The van der Waals surface area contributed by atoms with Gasteiger partial charge in [0.25, 0.3) is 5.22 Å². The molecule has 1 aliphatic rings. The van der Waals surface area contributed by atoms with E-state index < -0.39 is 0 Å². The number of rotatable bonds is 5. The summed E-state index contributed by atoms with van der Waals surface area (Å²) in [5.41, 5.74) is 4.10. The number of nitrogens with zero attached hydrogens (tertiary/aromatic N) is 3. The predicted octanol–water partition coefficient (Wildman–Crippen LogP) is 2.50. The molecule has 1 atom stereocenters. The summed E-state index contributed by atoms with van der Waals surface area (Å²) >= 11 is 1.37. The summed E-state index contributed by atoms with van der Waals surface area (Å²) in [5, 5.41) is 16.8. The molecule has 1 aromatic carbocycles. The lowest BCUT2D eigenvalue weighted by Gasteiger charge is -2.29. The molecule has 0 bridgehead atoms. The maximum absolute atomic E-state index is 13.0. The number of carbonyl (C=O) groups excluding carboxylic acids is 1. The normalized spacial score (nSPS) is 15.2. The first-order valence-corrected chi connectivity index (χ1v) is 9.54. The van der Waals surface area contributed by atoms with Gasteiger partial charge in [0.1, 0.15) is 5.52 Å². The maximum Gasteiger partial charge on any atom is 0.257 e. The highest BCUT2D eigenvalue weighted by Gasteiger charge is 2.30. The van der Waals surface area contributed by atoms with Crippen LogP contribution in [0.15, 0.2) is 33.9 Å². The fourth-order valence-corrected chi connectivity index (χ4v) is 4.16. The Bertz CT molecular complexity index is 889. The fraction of sp³-hybridized carbons (Fsp3) is 0.389. The highest BCUT2D eigenvalue weighted by molar-refractivity contribution is 8.00. The zero-order valence-corrected chi connectivity index (χ0v) is 15.3. The van der Waals surface area contributed by atoms with E-state index in [0.29, 0.717) is 30.4 Å². The van der Waals surface area contributed by atoms with Crippen LogP contribution in [0.2, 0.25) is 0 Å². The minimum absolute atomic E-state index is 0.0653. The molecular formula is C18H20N4O3S. The number of hydrogen-bond acceptors (Lipinski definition) is 6. The number of amides is 1. The number of oxazole rings is 1. The van der Waals surface area contributed by atoms with Crippen LogP contribution in [0, 0.1) is 0 Å². The lowest BCUT2D eigenvalue weighted by molar-refractivity contribution is -0.131. The number of nitrogens with one attached hydrogen (secondary N) is 1. The van der Waals surface area contributed by atoms with Crippen LogP contribution in [0.5, 0.6) is 0 Å². The molecule has 26 heavy (non-hydrogen) atoms. The lowest BCUT2D eigenvalue weighted by Crippen LogP contribution is -2.41. The molecule has 136 valence electrons. The number of H-pyrrole nitrogens is 1. The fourth-order valence-electron chi connectivity index (χ4n) is 3.21. The Morgan fingerprint density at radius 1 is 1.46 bits per heavy atom. The van der Waals surface area contributed by atoms with Gasteiger partial charge in [-0.1, -0.05) is 30.8 Å². The average molecular weight is 372 g/mol. The van der Waals surface area contributed by atoms with Crippen molar-refractivity contribution in [2.24, 2.45) is 0 Å². The van der Waals surface area contributed by atoms with E-state index in [9.17, 15) is 9.90 Å². The molecule has 2 aromatic heterocycles. The number of fused-ring (bicyclic) bond motifs is 2. The van der Waals surface area contributed by atoms with Crippen LogP contribution in [0.3, 0.4) is 0 Å². The number of carbonyl (C=O) groups is 1. The van der Waals surface area contributed by atoms with E-state index in [2.05, 4.69) is 15.2 Å². The van der Waals surface area contributed by atoms with Crippen molar-refractivity contribution >= 4 is 28.8 Å². The number of hydrogen-bond donors (Lipinski definition) is 2. The minimum atomic E-state index is -0.255. The summed E-state index contributed by atoms with van der Waals surface area (Å²) < 4.78 is 5.75. The number of aromatic amines is 1. The van der Waals surface area contributed by atoms with Crippen molar-refractivity contribution in [3.8, 4) is 0 Å². The molecule has 0 spiro atoms. The second kappa shape index (κ2) is 7.13. The molecule has 4 rings (SSSR count). The third-order valence-corrected chi connectivity index (χ3v) is 5.84. The summed E-state index contributed by atoms with van der Waals surface area (Å²) in [4.78, 5) is 19.3. The molecule has 0 fully saturated rings. The van der Waals surface area contributed by atoms with Crippen molar-refractivity contribution in [3.05, 3.63) is 41.2 Å². The molecule has 2 N–H and O–H groups in total. The van der Waals surface area contributed by atoms with E-state index in [1.165, 1.54) is 11.8 Å². The zero-order valence-electron chi connectivity index (χ0n) is 14.4. The SMILES string of the molecule is CCC(Sc1nc2ccccc2o1)C(=O)N1CCc2[nH]nc(CO)c2C1. The number of benzene rings is 1. The first kappa shape index (κ1) is 17.1. The number of aromatic nitrogens is 3. The highest BCUT2D eigenvalue weighted by Crippen LogP contribution is 2.30. The topological polar surface area (TPSA) is 95.3 Å². The van der Waals surface area contributed by atoms with Crippen LogP contribution in [-0.2, 0) is 24.4 Å². The van der Waals surface area contributed by atoms with Gasteiger partial charge in [-0.3, -0.25) is 9.89 Å². The Morgan fingerprint density at radius 2 is 2.31 bits per heavy atom. The van der Waals surface area contributed by atoms with Gasteiger partial charge in [-0.2, -0.15) is 5.10 Å². The van der Waals surface area contributed by atoms with Crippen LogP contribution in [0.4, 0.5) is 0 Å². The van der Waals surface area contributed by atoms with E-state index in [4.69, 9.17) is 4.42 Å². The molecule has 7 nitrogen and oxygen atoms in total. The largest absolute Gasteiger partial charge is 0.431 e. The average Bonchev–Trinajstić information content (AvgIpc) is 3.27. The van der Waals surface area contributed by atoms with Crippen molar-refractivity contribution in [1.82, 2.24) is 20.1 Å². The molecule has 0 saturated carbocycles. The maximum atomic E-state index is 13.0. The zero-order chi connectivity index (χ0) is 18.1.